The first-order valence-electron chi connectivity index (χ1n) is 20.5. The van der Waals surface area contributed by atoms with Gasteiger partial charge in [0.05, 0.1) is 55.3 Å². The Kier molecular flexibility index (Phi) is 11.2. The molecular formula is C44H51FN8O7. The number of benzene rings is 3. The molecule has 4 heterocycles. The summed E-state index contributed by atoms with van der Waals surface area (Å²) in [5.74, 6) is 0.419. The Labute approximate surface area is 346 Å². The highest BCUT2D eigenvalue weighted by Gasteiger charge is 2.52. The smallest absolute Gasteiger partial charge is 0.407 e. The van der Waals surface area contributed by atoms with Crippen molar-refractivity contribution in [2.75, 3.05) is 27.9 Å². The third kappa shape index (κ3) is 7.41. The standard InChI is InChI=1S/C44H51FN8O7/c1-22(2)35(50-43(56)59-5)41(54)52-17-7-8-34(52)39-47-32-16-12-26-18-24(10-14-29(26)37(32)49-39)25-11-15-30(31(45)20-25)33-21-46-40(48-33)38-27-9-13-28(19-27)53(38)42(55)36(23(3)58-4)51-44(57)60-6/h10-12,14-16,18,20-23,27-28,34-36,38H,7-9,13,17,19H2,1-6H3,(H,46,48)(H,47,49)(H,50,56)(H,51,57)/t23-,27+,28-,34+,35+,36+,38?/m1/s1. The Hall–Kier alpha value is -6.03. The van der Waals surface area contributed by atoms with Crippen LogP contribution in [0.5, 0.6) is 0 Å². The number of carbonyl (C=O) groups excluding carboxylic acids is 4. The molecule has 16 heteroatoms. The topological polar surface area (TPSA) is 184 Å². The van der Waals surface area contributed by atoms with Crippen LogP contribution in [0.4, 0.5) is 14.0 Å². The number of aromatic amines is 2. The number of ether oxygens (including phenoxy) is 3. The van der Waals surface area contributed by atoms with E-state index in [1.165, 1.54) is 27.4 Å². The van der Waals surface area contributed by atoms with Crippen molar-refractivity contribution in [3.63, 3.8) is 0 Å². The number of hydrogen-bond acceptors (Lipinski definition) is 9. The first-order chi connectivity index (χ1) is 28.9. The largest absolute Gasteiger partial charge is 0.453 e. The molecule has 2 aromatic heterocycles. The molecule has 3 aliphatic rings. The van der Waals surface area contributed by atoms with Crippen LogP contribution in [0.25, 0.3) is 44.2 Å². The molecule has 3 fully saturated rings. The van der Waals surface area contributed by atoms with E-state index in [0.29, 0.717) is 35.0 Å². The van der Waals surface area contributed by atoms with Gasteiger partial charge in [-0.2, -0.15) is 0 Å². The first kappa shape index (κ1) is 40.7. The van der Waals surface area contributed by atoms with E-state index in [1.54, 1.807) is 24.1 Å². The molecule has 1 unspecified atom stereocenters. The normalized spacial score (nSPS) is 21.4. The maximum absolute atomic E-state index is 16.0. The molecule has 60 heavy (non-hydrogen) atoms. The third-order valence-electron chi connectivity index (χ3n) is 12.6. The number of aromatic nitrogens is 4. The van der Waals surface area contributed by atoms with Gasteiger partial charge in [-0.15, -0.1) is 0 Å². The number of hydrogen-bond donors (Lipinski definition) is 4. The number of piperidine rings is 1. The molecule has 0 spiro atoms. The van der Waals surface area contributed by atoms with E-state index in [1.807, 2.05) is 55.1 Å². The second-order valence-corrected chi connectivity index (χ2v) is 16.4. The maximum atomic E-state index is 16.0. The molecule has 15 nitrogen and oxygen atoms in total. The van der Waals surface area contributed by atoms with Crippen LogP contribution in [0.2, 0.25) is 0 Å². The van der Waals surface area contributed by atoms with Crippen LogP contribution in [-0.2, 0) is 23.8 Å². The minimum Gasteiger partial charge on any atom is -0.453 e. The van der Waals surface area contributed by atoms with Crippen LogP contribution in [0.3, 0.4) is 0 Å². The summed E-state index contributed by atoms with van der Waals surface area (Å²) in [7, 11) is 4.01. The average molecular weight is 823 g/mol. The number of likely N-dealkylation sites (tertiary alicyclic amines) is 2. The van der Waals surface area contributed by atoms with Gasteiger partial charge in [-0.3, -0.25) is 9.59 Å². The van der Waals surface area contributed by atoms with Crippen LogP contribution in [0.1, 0.15) is 76.6 Å². The minimum absolute atomic E-state index is 0.00891. The zero-order chi connectivity index (χ0) is 42.4. The van der Waals surface area contributed by atoms with Crippen molar-refractivity contribution in [2.45, 2.75) is 89.2 Å². The van der Waals surface area contributed by atoms with Gasteiger partial charge in [0.2, 0.25) is 11.8 Å². The minimum atomic E-state index is -0.955. The molecule has 316 valence electrons. The van der Waals surface area contributed by atoms with Crippen molar-refractivity contribution in [1.82, 2.24) is 40.4 Å². The number of rotatable bonds is 11. The summed E-state index contributed by atoms with van der Waals surface area (Å²) in [5, 5.41) is 7.18. The second-order valence-electron chi connectivity index (χ2n) is 16.4. The Balaban J connectivity index is 1.02. The van der Waals surface area contributed by atoms with Crippen LogP contribution >= 0.6 is 0 Å². The number of methoxy groups -OCH3 is 3. The SMILES string of the molecule is COC(=O)N[C@H](C(=O)N1CCC[C@H]1c1nc2c(ccc3cc(-c4ccc(-c5cnc(C6[C@H]7CC[C@H](C7)N6C(=O)[C@@H](NC(=O)OC)[C@@H](C)OC)[nH]5)c(F)c4)ccc32)[nH]1)C(C)C. The number of fused-ring (bicyclic) bond motifs is 5. The molecule has 4 amide bonds. The molecular weight excluding hydrogens is 772 g/mol. The fourth-order valence-corrected chi connectivity index (χ4v) is 9.41. The summed E-state index contributed by atoms with van der Waals surface area (Å²) < 4.78 is 31.1. The quantitative estimate of drug-likeness (QED) is 0.112. The Bertz CT molecular complexity index is 2450. The van der Waals surface area contributed by atoms with Crippen molar-refractivity contribution in [3.05, 3.63) is 72.2 Å². The summed E-state index contributed by atoms with van der Waals surface area (Å²) in [5.41, 5.74) is 3.99. The number of H-pyrrole nitrogens is 2. The van der Waals surface area contributed by atoms with Gasteiger partial charge in [0.15, 0.2) is 0 Å². The number of carbonyl (C=O) groups is 4. The average Bonchev–Trinajstić information content (AvgIpc) is 4.11. The van der Waals surface area contributed by atoms with Gasteiger partial charge in [-0.25, -0.2) is 23.9 Å². The first-order valence-corrected chi connectivity index (χ1v) is 20.5. The molecule has 1 aliphatic carbocycles. The number of amides is 4. The van der Waals surface area contributed by atoms with Gasteiger partial charge < -0.3 is 44.6 Å². The molecule has 0 radical (unpaired) electrons. The number of nitrogens with zero attached hydrogens (tertiary/aromatic N) is 4. The number of nitrogens with one attached hydrogen (secondary N) is 4. The molecule has 7 atom stereocenters. The molecule has 8 rings (SSSR count). The molecule has 5 aromatic rings. The maximum Gasteiger partial charge on any atom is 0.407 e. The predicted molar refractivity (Wildman–Crippen MR) is 221 cm³/mol. The number of imidazole rings is 2. The third-order valence-corrected chi connectivity index (χ3v) is 12.6. The van der Waals surface area contributed by atoms with Crippen molar-refractivity contribution in [1.29, 1.82) is 0 Å². The van der Waals surface area contributed by atoms with Gasteiger partial charge in [-0.05, 0) is 91.6 Å². The van der Waals surface area contributed by atoms with E-state index in [-0.39, 0.29) is 41.8 Å². The van der Waals surface area contributed by atoms with Gasteiger partial charge in [0.1, 0.15) is 29.5 Å². The Morgan fingerprint density at radius 3 is 2.30 bits per heavy atom. The van der Waals surface area contributed by atoms with Crippen molar-refractivity contribution in [3.8, 4) is 22.4 Å². The van der Waals surface area contributed by atoms with Crippen LogP contribution in [-0.4, -0.2) is 106 Å². The number of alkyl carbamates (subject to hydrolysis) is 2. The summed E-state index contributed by atoms with van der Waals surface area (Å²) in [6.07, 6.45) is 3.78. The van der Waals surface area contributed by atoms with Gasteiger partial charge >= 0.3 is 12.2 Å². The Morgan fingerprint density at radius 1 is 0.850 bits per heavy atom. The van der Waals surface area contributed by atoms with E-state index < -0.39 is 36.2 Å². The highest BCUT2D eigenvalue weighted by atomic mass is 19.1. The highest BCUT2D eigenvalue weighted by molar-refractivity contribution is 6.05. The fourth-order valence-electron chi connectivity index (χ4n) is 9.41. The molecule has 1 saturated carbocycles. The fraction of sp³-hybridized carbons (Fsp3) is 0.455. The monoisotopic (exact) mass is 822 g/mol. The Morgan fingerprint density at radius 2 is 1.58 bits per heavy atom. The van der Waals surface area contributed by atoms with Crippen molar-refractivity contribution >= 4 is 45.8 Å². The lowest BCUT2D eigenvalue weighted by molar-refractivity contribution is -0.141. The van der Waals surface area contributed by atoms with Crippen molar-refractivity contribution < 1.29 is 37.8 Å². The van der Waals surface area contributed by atoms with E-state index in [2.05, 4.69) is 25.6 Å². The summed E-state index contributed by atoms with van der Waals surface area (Å²) in [4.78, 5) is 72.0. The molecule has 4 N–H and O–H groups in total. The molecule has 3 aromatic carbocycles. The highest BCUT2D eigenvalue weighted by Crippen LogP contribution is 2.50. The summed E-state index contributed by atoms with van der Waals surface area (Å²) >= 11 is 0. The van der Waals surface area contributed by atoms with E-state index in [4.69, 9.17) is 19.2 Å². The van der Waals surface area contributed by atoms with Gasteiger partial charge in [0.25, 0.3) is 0 Å². The molecule has 2 saturated heterocycles. The zero-order valence-electron chi connectivity index (χ0n) is 34.6. The van der Waals surface area contributed by atoms with Crippen molar-refractivity contribution in [2.24, 2.45) is 11.8 Å². The zero-order valence-corrected chi connectivity index (χ0v) is 34.6. The van der Waals surface area contributed by atoms with E-state index in [9.17, 15) is 19.2 Å². The molecule has 2 aliphatic heterocycles. The lowest BCUT2D eigenvalue weighted by Gasteiger charge is -2.37. The van der Waals surface area contributed by atoms with Crippen LogP contribution in [0.15, 0.2) is 54.7 Å². The summed E-state index contributed by atoms with van der Waals surface area (Å²) in [6.45, 7) is 6.05. The van der Waals surface area contributed by atoms with E-state index in [0.717, 1.165) is 59.5 Å². The predicted octanol–water partition coefficient (Wildman–Crippen LogP) is 6.77. The van der Waals surface area contributed by atoms with Crippen LogP contribution in [0, 0.1) is 17.7 Å². The number of halogens is 1. The second kappa shape index (κ2) is 16.6. The van der Waals surface area contributed by atoms with Crippen LogP contribution < -0.4 is 10.6 Å². The lowest BCUT2D eigenvalue weighted by Crippen LogP contribution is -2.56. The van der Waals surface area contributed by atoms with E-state index >= 15 is 4.39 Å². The summed E-state index contributed by atoms with van der Waals surface area (Å²) in [6, 6.07) is 12.7. The molecule has 2 bridgehead atoms. The lowest BCUT2D eigenvalue weighted by atomic mass is 9.96. The van der Waals surface area contributed by atoms with Gasteiger partial charge in [0, 0.05) is 30.6 Å². The van der Waals surface area contributed by atoms with Gasteiger partial charge in [-0.1, -0.05) is 38.1 Å².